The first kappa shape index (κ1) is 18.3. The number of aliphatic hydroxyl groups is 1. The third kappa shape index (κ3) is 5.25. The Kier molecular flexibility index (Phi) is 6.16. The van der Waals surface area contributed by atoms with E-state index in [1.54, 1.807) is 36.4 Å². The smallest absolute Gasteiger partial charge is 0.227 e. The Labute approximate surface area is 158 Å². The zero-order valence-corrected chi connectivity index (χ0v) is 15.2. The van der Waals surface area contributed by atoms with Crippen LogP contribution in [0.2, 0.25) is 0 Å². The first-order valence-electron chi connectivity index (χ1n) is 7.67. The van der Waals surface area contributed by atoms with E-state index < -0.39 is 0 Å². The van der Waals surface area contributed by atoms with Crippen LogP contribution in [-0.2, 0) is 0 Å². The topological polar surface area (TPSA) is 111 Å². The monoisotopic (exact) mass is 388 g/mol. The van der Waals surface area contributed by atoms with Crippen LogP contribution in [-0.4, -0.2) is 43.4 Å². The molecule has 9 heteroatoms. The van der Waals surface area contributed by atoms with E-state index in [4.69, 9.17) is 5.11 Å². The van der Waals surface area contributed by atoms with Gasteiger partial charge in [0.15, 0.2) is 10.3 Å². The van der Waals surface area contributed by atoms with E-state index in [2.05, 4.69) is 20.3 Å². The molecular formula is C17H16N4O3S2. The Morgan fingerprint density at radius 1 is 0.808 bits per heavy atom. The zero-order valence-electron chi connectivity index (χ0n) is 13.5. The van der Waals surface area contributed by atoms with Crippen molar-refractivity contribution in [2.24, 2.45) is 0 Å². The number of nitrogens with one attached hydrogen (secondary N) is 1. The maximum Gasteiger partial charge on any atom is 0.227 e. The molecule has 26 heavy (non-hydrogen) atoms. The summed E-state index contributed by atoms with van der Waals surface area (Å²) in [6, 6.07) is 13.6. The van der Waals surface area contributed by atoms with E-state index in [0.717, 1.165) is 9.79 Å². The highest BCUT2D eigenvalue weighted by atomic mass is 32.2. The Balaban J connectivity index is 1.87. The van der Waals surface area contributed by atoms with Gasteiger partial charge >= 0.3 is 0 Å². The normalized spacial score (nSPS) is 10.7. The summed E-state index contributed by atoms with van der Waals surface area (Å²) in [5.74, 6) is 0.674. The van der Waals surface area contributed by atoms with Gasteiger partial charge in [0.2, 0.25) is 5.95 Å². The summed E-state index contributed by atoms with van der Waals surface area (Å²) in [6.45, 7) is 0.270. The standard InChI is InChI=1S/C17H16N4O3S2/c22-8-7-18-15-19-16(25-13-5-1-3-11(23)9-13)21-17(20-15)26-14-6-2-4-12(24)10-14/h1-6,9-10,22-24H,7-8H2,(H,18,19,20,21). The minimum Gasteiger partial charge on any atom is -0.508 e. The van der Waals surface area contributed by atoms with Gasteiger partial charge in [-0.2, -0.15) is 15.0 Å². The summed E-state index contributed by atoms with van der Waals surface area (Å²) in [6.07, 6.45) is 0. The molecule has 0 atom stereocenters. The molecule has 1 heterocycles. The lowest BCUT2D eigenvalue weighted by Gasteiger charge is -2.08. The summed E-state index contributed by atoms with van der Waals surface area (Å²) in [7, 11) is 0. The van der Waals surface area contributed by atoms with E-state index in [0.29, 0.717) is 22.8 Å². The number of hydrogen-bond acceptors (Lipinski definition) is 9. The van der Waals surface area contributed by atoms with E-state index in [1.807, 2.05) is 12.1 Å². The first-order chi connectivity index (χ1) is 12.6. The fraction of sp³-hybridized carbons (Fsp3) is 0.118. The summed E-state index contributed by atoms with van der Waals surface area (Å²) in [5.41, 5.74) is 0. The molecule has 0 radical (unpaired) electrons. The molecule has 134 valence electrons. The Hall–Kier alpha value is -2.49. The molecule has 0 aliphatic rings. The molecule has 7 nitrogen and oxygen atoms in total. The van der Waals surface area contributed by atoms with Gasteiger partial charge in [0.1, 0.15) is 11.5 Å². The van der Waals surface area contributed by atoms with Gasteiger partial charge in [0.25, 0.3) is 0 Å². The molecule has 0 fully saturated rings. The van der Waals surface area contributed by atoms with E-state index in [-0.39, 0.29) is 18.1 Å². The SMILES string of the molecule is OCCNc1nc(Sc2cccc(O)c2)nc(Sc2cccc(O)c2)n1. The van der Waals surface area contributed by atoms with Crippen LogP contribution < -0.4 is 5.32 Å². The fourth-order valence-corrected chi connectivity index (χ4v) is 3.64. The predicted octanol–water partition coefficient (Wildman–Crippen LogP) is 2.99. The van der Waals surface area contributed by atoms with Crippen LogP contribution >= 0.6 is 23.5 Å². The number of nitrogens with zero attached hydrogens (tertiary/aromatic N) is 3. The second-order valence-electron chi connectivity index (χ2n) is 5.07. The number of rotatable bonds is 7. The fourth-order valence-electron chi connectivity index (χ4n) is 1.98. The third-order valence-corrected chi connectivity index (χ3v) is 4.75. The second-order valence-corrected chi connectivity index (χ2v) is 7.15. The highest BCUT2D eigenvalue weighted by Gasteiger charge is 2.10. The molecule has 3 aromatic rings. The number of aromatic nitrogens is 3. The van der Waals surface area contributed by atoms with Gasteiger partial charge in [-0.1, -0.05) is 12.1 Å². The first-order valence-corrected chi connectivity index (χ1v) is 9.30. The van der Waals surface area contributed by atoms with Gasteiger partial charge in [-0.25, -0.2) is 0 Å². The number of aliphatic hydroxyl groups excluding tert-OH is 1. The van der Waals surface area contributed by atoms with Crippen LogP contribution in [0.25, 0.3) is 0 Å². The zero-order chi connectivity index (χ0) is 18.4. The number of benzene rings is 2. The largest absolute Gasteiger partial charge is 0.508 e. The van der Waals surface area contributed by atoms with Crippen molar-refractivity contribution in [2.45, 2.75) is 20.1 Å². The van der Waals surface area contributed by atoms with Crippen LogP contribution in [0.1, 0.15) is 0 Å². The molecule has 2 aromatic carbocycles. The molecule has 0 amide bonds. The van der Waals surface area contributed by atoms with Gasteiger partial charge in [-0.05, 0) is 59.9 Å². The van der Waals surface area contributed by atoms with Gasteiger partial charge in [0.05, 0.1) is 6.61 Å². The molecule has 0 aliphatic heterocycles. The lowest BCUT2D eigenvalue weighted by Crippen LogP contribution is -2.10. The van der Waals surface area contributed by atoms with Crippen molar-refractivity contribution in [3.63, 3.8) is 0 Å². The van der Waals surface area contributed by atoms with Crippen molar-refractivity contribution in [3.8, 4) is 11.5 Å². The van der Waals surface area contributed by atoms with Crippen molar-refractivity contribution in [2.75, 3.05) is 18.5 Å². The Morgan fingerprint density at radius 3 is 1.81 bits per heavy atom. The molecule has 0 saturated carbocycles. The van der Waals surface area contributed by atoms with Crippen LogP contribution in [0.4, 0.5) is 5.95 Å². The third-order valence-electron chi connectivity index (χ3n) is 3.04. The molecular weight excluding hydrogens is 372 g/mol. The molecule has 0 aliphatic carbocycles. The molecule has 0 unspecified atom stereocenters. The van der Waals surface area contributed by atoms with E-state index >= 15 is 0 Å². The number of aromatic hydroxyl groups is 2. The highest BCUT2D eigenvalue weighted by Crippen LogP contribution is 2.32. The maximum absolute atomic E-state index is 9.60. The highest BCUT2D eigenvalue weighted by molar-refractivity contribution is 7.99. The second kappa shape index (κ2) is 8.75. The summed E-state index contributed by atoms with van der Waals surface area (Å²) in [4.78, 5) is 14.7. The summed E-state index contributed by atoms with van der Waals surface area (Å²) < 4.78 is 0. The van der Waals surface area contributed by atoms with Crippen LogP contribution in [0.3, 0.4) is 0 Å². The molecule has 4 N–H and O–H groups in total. The Bertz CT molecular complexity index is 830. The molecule has 0 bridgehead atoms. The van der Waals surface area contributed by atoms with Crippen molar-refractivity contribution in [1.29, 1.82) is 0 Å². The predicted molar refractivity (Wildman–Crippen MR) is 99.9 cm³/mol. The number of anilines is 1. The van der Waals surface area contributed by atoms with Crippen molar-refractivity contribution >= 4 is 29.5 Å². The molecule has 3 rings (SSSR count). The van der Waals surface area contributed by atoms with Crippen molar-refractivity contribution in [1.82, 2.24) is 15.0 Å². The number of hydrogen-bond donors (Lipinski definition) is 4. The lowest BCUT2D eigenvalue weighted by molar-refractivity contribution is 0.310. The molecule has 1 aromatic heterocycles. The average molecular weight is 388 g/mol. The quantitative estimate of drug-likeness (QED) is 0.485. The van der Waals surface area contributed by atoms with Crippen molar-refractivity contribution < 1.29 is 15.3 Å². The van der Waals surface area contributed by atoms with Gasteiger partial charge in [-0.3, -0.25) is 0 Å². The van der Waals surface area contributed by atoms with Gasteiger partial charge < -0.3 is 20.6 Å². The van der Waals surface area contributed by atoms with Crippen LogP contribution in [0.5, 0.6) is 11.5 Å². The van der Waals surface area contributed by atoms with Crippen LogP contribution in [0.15, 0.2) is 68.6 Å². The lowest BCUT2D eigenvalue weighted by atomic mass is 10.3. The van der Waals surface area contributed by atoms with Gasteiger partial charge in [0, 0.05) is 16.3 Å². The minimum atomic E-state index is -0.0459. The number of phenols is 2. The average Bonchev–Trinajstić information content (AvgIpc) is 2.60. The van der Waals surface area contributed by atoms with Crippen LogP contribution in [0, 0.1) is 0 Å². The molecule has 0 spiro atoms. The van der Waals surface area contributed by atoms with Crippen molar-refractivity contribution in [3.05, 3.63) is 48.5 Å². The summed E-state index contributed by atoms with van der Waals surface area (Å²) in [5, 5.41) is 32.0. The van der Waals surface area contributed by atoms with E-state index in [1.165, 1.54) is 23.5 Å². The summed E-state index contributed by atoms with van der Waals surface area (Å²) >= 11 is 2.58. The maximum atomic E-state index is 9.60. The van der Waals surface area contributed by atoms with E-state index in [9.17, 15) is 10.2 Å². The minimum absolute atomic E-state index is 0.0459. The Morgan fingerprint density at radius 2 is 1.35 bits per heavy atom. The number of phenolic OH excluding ortho intramolecular Hbond substituents is 2. The molecule has 0 saturated heterocycles. The van der Waals surface area contributed by atoms with Gasteiger partial charge in [-0.15, -0.1) is 0 Å².